The van der Waals surface area contributed by atoms with Crippen LogP contribution in [0.2, 0.25) is 0 Å². The lowest BCUT2D eigenvalue weighted by atomic mass is 10.1. The number of unbranched alkanes of at least 4 members (excludes halogenated alkanes) is 2. The SMILES string of the molecule is COCC(COC(=O)OCC(C)=O)OC(=O)CCCCCC(=O)O. The molecule has 138 valence electrons. The summed E-state index contributed by atoms with van der Waals surface area (Å²) in [6.07, 6.45) is -0.0127. The molecule has 9 nitrogen and oxygen atoms in total. The number of rotatable bonds is 13. The van der Waals surface area contributed by atoms with Crippen molar-refractivity contribution in [2.75, 3.05) is 26.9 Å². The summed E-state index contributed by atoms with van der Waals surface area (Å²) in [6.45, 7) is 0.656. The van der Waals surface area contributed by atoms with E-state index in [1.165, 1.54) is 14.0 Å². The Morgan fingerprint density at radius 2 is 1.62 bits per heavy atom. The van der Waals surface area contributed by atoms with E-state index >= 15 is 0 Å². The zero-order valence-electron chi connectivity index (χ0n) is 13.9. The molecule has 0 aromatic rings. The largest absolute Gasteiger partial charge is 0.508 e. The van der Waals surface area contributed by atoms with Crippen molar-refractivity contribution in [1.82, 2.24) is 0 Å². The molecule has 0 aliphatic carbocycles. The van der Waals surface area contributed by atoms with Crippen molar-refractivity contribution in [1.29, 1.82) is 0 Å². The first-order valence-corrected chi connectivity index (χ1v) is 7.54. The molecule has 9 heteroatoms. The zero-order chi connectivity index (χ0) is 18.4. The third kappa shape index (κ3) is 13.5. The third-order valence-electron chi connectivity index (χ3n) is 2.70. The van der Waals surface area contributed by atoms with E-state index in [2.05, 4.69) is 4.74 Å². The predicted molar refractivity (Wildman–Crippen MR) is 80.5 cm³/mol. The van der Waals surface area contributed by atoms with Gasteiger partial charge in [0.15, 0.2) is 18.5 Å². The molecule has 0 amide bonds. The fraction of sp³-hybridized carbons (Fsp3) is 0.733. The Morgan fingerprint density at radius 3 is 2.21 bits per heavy atom. The Balaban J connectivity index is 3.99. The highest BCUT2D eigenvalue weighted by Crippen LogP contribution is 2.06. The Labute approximate surface area is 140 Å². The number of hydrogen-bond donors (Lipinski definition) is 1. The van der Waals surface area contributed by atoms with Gasteiger partial charge in [0.1, 0.15) is 6.61 Å². The molecule has 1 unspecified atom stereocenters. The van der Waals surface area contributed by atoms with E-state index in [1.54, 1.807) is 0 Å². The second-order valence-corrected chi connectivity index (χ2v) is 5.07. The number of aliphatic carboxylic acids is 1. The summed E-state index contributed by atoms with van der Waals surface area (Å²) in [5.41, 5.74) is 0. The second kappa shape index (κ2) is 13.3. The fourth-order valence-electron chi connectivity index (χ4n) is 1.63. The molecule has 1 atom stereocenters. The van der Waals surface area contributed by atoms with Gasteiger partial charge in [-0.2, -0.15) is 0 Å². The molecular formula is C15H24O9. The average molecular weight is 348 g/mol. The number of Topliss-reactive ketones (excluding diaryl/α,β-unsaturated/α-hetero) is 1. The lowest BCUT2D eigenvalue weighted by Crippen LogP contribution is -2.29. The smallest absolute Gasteiger partial charge is 0.481 e. The molecule has 0 bridgehead atoms. The van der Waals surface area contributed by atoms with E-state index in [0.29, 0.717) is 19.3 Å². The first-order chi connectivity index (χ1) is 11.3. The Bertz CT molecular complexity index is 419. The minimum Gasteiger partial charge on any atom is -0.481 e. The first kappa shape index (κ1) is 21.8. The van der Waals surface area contributed by atoms with Gasteiger partial charge in [-0.15, -0.1) is 0 Å². The van der Waals surface area contributed by atoms with Gasteiger partial charge in [0, 0.05) is 20.0 Å². The minimum atomic E-state index is -1.03. The number of ketones is 1. The van der Waals surface area contributed by atoms with Crippen LogP contribution in [0.25, 0.3) is 0 Å². The van der Waals surface area contributed by atoms with Crippen LogP contribution >= 0.6 is 0 Å². The first-order valence-electron chi connectivity index (χ1n) is 7.54. The Hall–Kier alpha value is -2.16. The van der Waals surface area contributed by atoms with Gasteiger partial charge >= 0.3 is 18.1 Å². The molecule has 0 rings (SSSR count). The highest BCUT2D eigenvalue weighted by Gasteiger charge is 2.17. The maximum atomic E-state index is 11.7. The van der Waals surface area contributed by atoms with Crippen LogP contribution in [-0.4, -0.2) is 62.0 Å². The molecule has 0 aromatic carbocycles. The molecule has 0 aliphatic heterocycles. The van der Waals surface area contributed by atoms with Crippen molar-refractivity contribution < 1.29 is 43.2 Å². The van der Waals surface area contributed by atoms with Crippen molar-refractivity contribution in [2.45, 2.75) is 45.1 Å². The molecule has 0 saturated heterocycles. The predicted octanol–water partition coefficient (Wildman–Crippen LogP) is 1.32. The highest BCUT2D eigenvalue weighted by atomic mass is 16.7. The van der Waals surface area contributed by atoms with Crippen LogP contribution in [0.4, 0.5) is 4.79 Å². The number of hydrogen-bond acceptors (Lipinski definition) is 8. The Kier molecular flexibility index (Phi) is 12.1. The lowest BCUT2D eigenvalue weighted by Gasteiger charge is -2.17. The minimum absolute atomic E-state index is 0.0325. The summed E-state index contributed by atoms with van der Waals surface area (Å²) in [5.74, 6) is -1.69. The summed E-state index contributed by atoms with van der Waals surface area (Å²) in [5, 5.41) is 8.50. The number of ether oxygens (including phenoxy) is 4. The van der Waals surface area contributed by atoms with E-state index < -0.39 is 24.2 Å². The maximum Gasteiger partial charge on any atom is 0.508 e. The fourth-order valence-corrected chi connectivity index (χ4v) is 1.63. The van der Waals surface area contributed by atoms with Crippen LogP contribution in [0, 0.1) is 0 Å². The van der Waals surface area contributed by atoms with Gasteiger partial charge < -0.3 is 24.1 Å². The van der Waals surface area contributed by atoms with Gasteiger partial charge in [0.25, 0.3) is 0 Å². The van der Waals surface area contributed by atoms with Gasteiger partial charge in [-0.1, -0.05) is 6.42 Å². The summed E-state index contributed by atoms with van der Waals surface area (Å²) in [4.78, 5) is 43.9. The van der Waals surface area contributed by atoms with E-state index in [4.69, 9.17) is 19.3 Å². The van der Waals surface area contributed by atoms with Crippen molar-refractivity contribution >= 4 is 23.9 Å². The van der Waals surface area contributed by atoms with E-state index in [1.807, 2.05) is 0 Å². The second-order valence-electron chi connectivity index (χ2n) is 5.07. The molecule has 0 saturated carbocycles. The summed E-state index contributed by atoms with van der Waals surface area (Å²) in [6, 6.07) is 0. The molecule has 24 heavy (non-hydrogen) atoms. The van der Waals surface area contributed by atoms with Crippen molar-refractivity contribution in [3.8, 4) is 0 Å². The molecule has 0 heterocycles. The Morgan fingerprint density at radius 1 is 0.958 bits per heavy atom. The quantitative estimate of drug-likeness (QED) is 0.387. The van der Waals surface area contributed by atoms with Crippen LogP contribution in [0.15, 0.2) is 0 Å². The average Bonchev–Trinajstić information content (AvgIpc) is 2.50. The molecule has 0 fully saturated rings. The van der Waals surface area contributed by atoms with E-state index in [0.717, 1.165) is 0 Å². The molecule has 0 aliphatic rings. The van der Waals surface area contributed by atoms with Gasteiger partial charge in [0.05, 0.1) is 6.61 Å². The number of methoxy groups -OCH3 is 1. The van der Waals surface area contributed by atoms with Crippen LogP contribution < -0.4 is 0 Å². The maximum absolute atomic E-state index is 11.7. The normalized spacial score (nSPS) is 11.4. The number of carbonyl (C=O) groups is 4. The van der Waals surface area contributed by atoms with Crippen LogP contribution in [0.3, 0.4) is 0 Å². The summed E-state index contributed by atoms with van der Waals surface area (Å²) >= 11 is 0. The number of carboxylic acid groups (broad SMARTS) is 1. The van der Waals surface area contributed by atoms with Gasteiger partial charge in [0.2, 0.25) is 0 Å². The molecule has 0 radical (unpaired) electrons. The molecule has 0 spiro atoms. The van der Waals surface area contributed by atoms with Crippen LogP contribution in [0.5, 0.6) is 0 Å². The number of esters is 1. The van der Waals surface area contributed by atoms with E-state index in [9.17, 15) is 19.2 Å². The molecule has 1 N–H and O–H groups in total. The van der Waals surface area contributed by atoms with Crippen LogP contribution in [-0.2, 0) is 33.3 Å². The molecule has 0 aromatic heterocycles. The zero-order valence-corrected chi connectivity index (χ0v) is 13.9. The van der Waals surface area contributed by atoms with Crippen molar-refractivity contribution in [2.24, 2.45) is 0 Å². The molecular weight excluding hydrogens is 324 g/mol. The van der Waals surface area contributed by atoms with Crippen molar-refractivity contribution in [3.63, 3.8) is 0 Å². The highest BCUT2D eigenvalue weighted by molar-refractivity contribution is 5.78. The number of carboxylic acids is 1. The topological polar surface area (TPSA) is 125 Å². The summed E-state index contributed by atoms with van der Waals surface area (Å²) in [7, 11) is 1.40. The van der Waals surface area contributed by atoms with Crippen LogP contribution in [0.1, 0.15) is 39.0 Å². The standard InChI is InChI=1S/C15H24O9/c1-11(16)8-22-15(20)23-10-12(9-21-2)24-14(19)7-5-3-4-6-13(17)18/h12H,3-10H2,1-2H3,(H,17,18). The van der Waals surface area contributed by atoms with Gasteiger partial charge in [-0.05, 0) is 19.8 Å². The monoisotopic (exact) mass is 348 g/mol. The third-order valence-corrected chi connectivity index (χ3v) is 2.70. The number of carbonyl (C=O) groups excluding carboxylic acids is 3. The summed E-state index contributed by atoms with van der Waals surface area (Å²) < 4.78 is 19.2. The van der Waals surface area contributed by atoms with Gasteiger partial charge in [-0.3, -0.25) is 14.4 Å². The van der Waals surface area contributed by atoms with Crippen molar-refractivity contribution in [3.05, 3.63) is 0 Å². The lowest BCUT2D eigenvalue weighted by molar-refractivity contribution is -0.154. The van der Waals surface area contributed by atoms with Gasteiger partial charge in [-0.25, -0.2) is 4.79 Å². The van der Waals surface area contributed by atoms with E-state index in [-0.39, 0.29) is 38.4 Å².